The SMILES string of the molecule is O=C(CCCCc1ccc(O)cc1)O[C@@H]1O[C@H](C(=O)O)[C@@H](O)[C@H](O)[C@H]1O. The second-order valence-electron chi connectivity index (χ2n) is 6.10. The lowest BCUT2D eigenvalue weighted by Crippen LogP contribution is -2.60. The lowest BCUT2D eigenvalue weighted by molar-refractivity contribution is -0.286. The third-order valence-electron chi connectivity index (χ3n) is 4.09. The summed E-state index contributed by atoms with van der Waals surface area (Å²) in [4.78, 5) is 22.8. The van der Waals surface area contributed by atoms with Gasteiger partial charge in [-0.2, -0.15) is 0 Å². The number of aryl methyl sites for hydroxylation is 1. The number of rotatable bonds is 7. The van der Waals surface area contributed by atoms with E-state index in [0.29, 0.717) is 19.3 Å². The summed E-state index contributed by atoms with van der Waals surface area (Å²) < 4.78 is 9.77. The van der Waals surface area contributed by atoms with Crippen LogP contribution in [0.5, 0.6) is 5.75 Å². The maximum Gasteiger partial charge on any atom is 0.335 e. The fourth-order valence-electron chi connectivity index (χ4n) is 2.60. The highest BCUT2D eigenvalue weighted by molar-refractivity contribution is 5.73. The fourth-order valence-corrected chi connectivity index (χ4v) is 2.60. The summed E-state index contributed by atoms with van der Waals surface area (Å²) >= 11 is 0. The van der Waals surface area contributed by atoms with E-state index in [9.17, 15) is 30.0 Å². The molecular weight excluding hydrogens is 348 g/mol. The lowest BCUT2D eigenvalue weighted by Gasteiger charge is -2.37. The maximum atomic E-state index is 11.8. The van der Waals surface area contributed by atoms with Gasteiger partial charge in [0.25, 0.3) is 0 Å². The first-order valence-corrected chi connectivity index (χ1v) is 8.19. The van der Waals surface area contributed by atoms with Crippen molar-refractivity contribution in [2.24, 2.45) is 0 Å². The number of hydrogen-bond acceptors (Lipinski definition) is 8. The van der Waals surface area contributed by atoms with Crippen LogP contribution in [0.1, 0.15) is 24.8 Å². The van der Waals surface area contributed by atoms with E-state index < -0.39 is 42.6 Å². The number of esters is 1. The number of hydrogen-bond donors (Lipinski definition) is 5. The van der Waals surface area contributed by atoms with E-state index in [1.807, 2.05) is 0 Å². The molecule has 1 aromatic carbocycles. The molecule has 1 aliphatic heterocycles. The number of carboxylic acids is 1. The molecule has 1 saturated heterocycles. The van der Waals surface area contributed by atoms with Crippen LogP contribution in [0.3, 0.4) is 0 Å². The first-order chi connectivity index (χ1) is 12.3. The molecule has 0 aliphatic carbocycles. The van der Waals surface area contributed by atoms with Gasteiger partial charge in [-0.15, -0.1) is 0 Å². The van der Waals surface area contributed by atoms with Crippen molar-refractivity contribution < 1.29 is 44.6 Å². The summed E-state index contributed by atoms with van der Waals surface area (Å²) in [6, 6.07) is 6.70. The Labute approximate surface area is 149 Å². The van der Waals surface area contributed by atoms with Gasteiger partial charge in [-0.05, 0) is 37.0 Å². The van der Waals surface area contributed by atoms with Crippen LogP contribution >= 0.6 is 0 Å². The van der Waals surface area contributed by atoms with Gasteiger partial charge in [-0.1, -0.05) is 12.1 Å². The number of aliphatic hydroxyl groups excluding tert-OH is 3. The number of carbonyl (C=O) groups excluding carboxylic acids is 1. The summed E-state index contributed by atoms with van der Waals surface area (Å²) in [6.45, 7) is 0. The van der Waals surface area contributed by atoms with Crippen LogP contribution in [-0.2, 0) is 25.5 Å². The van der Waals surface area contributed by atoms with Crippen molar-refractivity contribution >= 4 is 11.9 Å². The zero-order valence-electron chi connectivity index (χ0n) is 13.9. The van der Waals surface area contributed by atoms with Crippen LogP contribution in [0.2, 0.25) is 0 Å². The van der Waals surface area contributed by atoms with Gasteiger partial charge >= 0.3 is 11.9 Å². The predicted octanol–water partition coefficient (Wildman–Crippen LogP) is -0.460. The summed E-state index contributed by atoms with van der Waals surface area (Å²) in [7, 11) is 0. The van der Waals surface area contributed by atoms with Crippen molar-refractivity contribution in [3.63, 3.8) is 0 Å². The molecule has 0 amide bonds. The number of phenolic OH excluding ortho intramolecular Hbond substituents is 1. The number of unbranched alkanes of at least 4 members (excludes halogenated alkanes) is 1. The Bertz CT molecular complexity index is 615. The van der Waals surface area contributed by atoms with Gasteiger partial charge in [0.05, 0.1) is 0 Å². The zero-order chi connectivity index (χ0) is 19.3. The van der Waals surface area contributed by atoms with Crippen LogP contribution in [0.4, 0.5) is 0 Å². The number of aliphatic carboxylic acids is 1. The molecule has 1 aromatic rings. The van der Waals surface area contributed by atoms with Gasteiger partial charge in [-0.25, -0.2) is 4.79 Å². The van der Waals surface area contributed by atoms with Crippen LogP contribution < -0.4 is 0 Å². The molecule has 26 heavy (non-hydrogen) atoms. The van der Waals surface area contributed by atoms with E-state index in [-0.39, 0.29) is 12.2 Å². The molecule has 0 saturated carbocycles. The van der Waals surface area contributed by atoms with E-state index in [0.717, 1.165) is 5.56 Å². The van der Waals surface area contributed by atoms with Crippen molar-refractivity contribution in [1.29, 1.82) is 0 Å². The normalized spacial score (nSPS) is 28.5. The highest BCUT2D eigenvalue weighted by Crippen LogP contribution is 2.23. The average Bonchev–Trinajstić information content (AvgIpc) is 2.60. The third kappa shape index (κ3) is 5.15. The van der Waals surface area contributed by atoms with E-state index >= 15 is 0 Å². The van der Waals surface area contributed by atoms with Crippen molar-refractivity contribution in [2.75, 3.05) is 0 Å². The van der Waals surface area contributed by atoms with Crippen molar-refractivity contribution in [3.8, 4) is 5.75 Å². The van der Waals surface area contributed by atoms with Crippen LogP contribution in [0, 0.1) is 0 Å². The smallest absolute Gasteiger partial charge is 0.335 e. The number of benzene rings is 1. The Hall–Kier alpha value is -2.20. The van der Waals surface area contributed by atoms with Gasteiger partial charge in [-0.3, -0.25) is 4.79 Å². The van der Waals surface area contributed by atoms with Crippen molar-refractivity contribution in [1.82, 2.24) is 0 Å². The van der Waals surface area contributed by atoms with Gasteiger partial charge in [0.2, 0.25) is 6.29 Å². The molecule has 0 unspecified atom stereocenters. The van der Waals surface area contributed by atoms with Crippen molar-refractivity contribution in [2.45, 2.75) is 56.4 Å². The Balaban J connectivity index is 1.77. The first kappa shape index (κ1) is 20.1. The third-order valence-corrected chi connectivity index (χ3v) is 4.09. The topological polar surface area (TPSA) is 154 Å². The Morgan fingerprint density at radius 1 is 1.00 bits per heavy atom. The van der Waals surface area contributed by atoms with E-state index in [1.165, 1.54) is 0 Å². The maximum absolute atomic E-state index is 11.8. The van der Waals surface area contributed by atoms with Crippen LogP contribution in [-0.4, -0.2) is 68.2 Å². The Kier molecular flexibility index (Phi) is 6.92. The number of aliphatic hydroxyl groups is 3. The summed E-state index contributed by atoms with van der Waals surface area (Å²) in [5, 5.41) is 47.1. The molecule has 144 valence electrons. The fraction of sp³-hybridized carbons (Fsp3) is 0.529. The van der Waals surface area contributed by atoms with E-state index in [1.54, 1.807) is 24.3 Å². The van der Waals surface area contributed by atoms with Crippen LogP contribution in [0.15, 0.2) is 24.3 Å². The molecule has 9 heteroatoms. The Morgan fingerprint density at radius 3 is 2.27 bits per heavy atom. The van der Waals surface area contributed by atoms with Gasteiger partial charge in [0, 0.05) is 6.42 Å². The minimum absolute atomic E-state index is 0.0149. The molecule has 1 heterocycles. The number of carboxylic acid groups (broad SMARTS) is 1. The molecule has 2 rings (SSSR count). The van der Waals surface area contributed by atoms with Gasteiger partial charge in [0.1, 0.15) is 24.1 Å². The first-order valence-electron chi connectivity index (χ1n) is 8.19. The molecule has 5 N–H and O–H groups in total. The minimum atomic E-state index is -1.83. The highest BCUT2D eigenvalue weighted by atomic mass is 16.7. The van der Waals surface area contributed by atoms with Crippen molar-refractivity contribution in [3.05, 3.63) is 29.8 Å². The summed E-state index contributed by atoms with van der Waals surface area (Å²) in [5.41, 5.74) is 1.00. The molecule has 1 fully saturated rings. The largest absolute Gasteiger partial charge is 0.508 e. The van der Waals surface area contributed by atoms with Gasteiger partial charge in [0.15, 0.2) is 6.10 Å². The predicted molar refractivity (Wildman–Crippen MR) is 86.1 cm³/mol. The monoisotopic (exact) mass is 370 g/mol. The molecule has 9 nitrogen and oxygen atoms in total. The molecular formula is C17H22O9. The van der Waals surface area contributed by atoms with E-state index in [2.05, 4.69) is 0 Å². The molecule has 1 aliphatic rings. The number of ether oxygens (including phenoxy) is 2. The quantitative estimate of drug-likeness (QED) is 0.317. The standard InChI is InChI=1S/C17H22O9/c18-10-7-5-9(6-8-10)3-1-2-4-11(19)25-17-14(22)12(20)13(21)15(26-17)16(23)24/h5-8,12-15,17-18,20-22H,1-4H2,(H,23,24)/t12-,13-,14+,15-,17+/m0/s1. The number of aromatic hydroxyl groups is 1. The summed E-state index contributed by atoms with van der Waals surface area (Å²) in [6.07, 6.45) is -6.99. The highest BCUT2D eigenvalue weighted by Gasteiger charge is 2.48. The lowest BCUT2D eigenvalue weighted by atomic mass is 9.99. The molecule has 0 radical (unpaired) electrons. The summed E-state index contributed by atoms with van der Waals surface area (Å²) in [5.74, 6) is -2.08. The molecule has 0 spiro atoms. The second kappa shape index (κ2) is 8.95. The van der Waals surface area contributed by atoms with Gasteiger partial charge < -0.3 is 35.0 Å². The second-order valence-corrected chi connectivity index (χ2v) is 6.10. The zero-order valence-corrected chi connectivity index (χ0v) is 13.9. The number of phenols is 1. The molecule has 0 bridgehead atoms. The van der Waals surface area contributed by atoms with E-state index in [4.69, 9.17) is 14.6 Å². The molecule has 5 atom stereocenters. The average molecular weight is 370 g/mol. The Morgan fingerprint density at radius 2 is 1.65 bits per heavy atom. The van der Waals surface area contributed by atoms with Crippen LogP contribution in [0.25, 0.3) is 0 Å². The number of carbonyl (C=O) groups is 2. The minimum Gasteiger partial charge on any atom is -0.508 e. The molecule has 0 aromatic heterocycles.